The fraction of sp³-hybridized carbons (Fsp3) is 0. The second kappa shape index (κ2) is 9.77. The number of amides is 1. The van der Waals surface area contributed by atoms with E-state index in [9.17, 15) is 14.9 Å². The van der Waals surface area contributed by atoms with Crippen molar-refractivity contribution in [3.63, 3.8) is 0 Å². The van der Waals surface area contributed by atoms with Gasteiger partial charge in [0, 0.05) is 17.3 Å². The van der Waals surface area contributed by atoms with E-state index >= 15 is 0 Å². The molecule has 1 heterocycles. The third-order valence-electron chi connectivity index (χ3n) is 5.46. The van der Waals surface area contributed by atoms with E-state index in [1.807, 2.05) is 42.5 Å². The molecule has 9 heteroatoms. The lowest BCUT2D eigenvalue weighted by molar-refractivity contribution is -0.385. The van der Waals surface area contributed by atoms with Crippen LogP contribution in [0.1, 0.15) is 10.4 Å². The maximum Gasteiger partial charge on any atom is 0.282 e. The Labute approximate surface area is 210 Å². The number of carbonyl (C=O) groups excluding carboxylic acids is 1. The Morgan fingerprint density at radius 2 is 1.53 bits per heavy atom. The van der Waals surface area contributed by atoms with Gasteiger partial charge < -0.3 is 9.73 Å². The van der Waals surface area contributed by atoms with Crippen molar-refractivity contribution in [2.24, 2.45) is 0 Å². The van der Waals surface area contributed by atoms with Crippen molar-refractivity contribution in [2.45, 2.75) is 0 Å². The lowest BCUT2D eigenvalue weighted by atomic mass is 10.0. The van der Waals surface area contributed by atoms with E-state index in [4.69, 9.17) is 16.6 Å². The van der Waals surface area contributed by atoms with Crippen LogP contribution >= 0.6 is 12.2 Å². The van der Waals surface area contributed by atoms with Crippen molar-refractivity contribution < 1.29 is 14.1 Å². The highest BCUT2D eigenvalue weighted by atomic mass is 32.1. The molecule has 0 aliphatic carbocycles. The van der Waals surface area contributed by atoms with E-state index in [2.05, 4.69) is 27.8 Å². The summed E-state index contributed by atoms with van der Waals surface area (Å²) in [5, 5.41) is 16.5. The minimum absolute atomic E-state index is 0.00211. The number of nitro benzene ring substituents is 1. The summed E-state index contributed by atoms with van der Waals surface area (Å²) in [6.45, 7) is 0. The highest BCUT2D eigenvalue weighted by molar-refractivity contribution is 7.80. The van der Waals surface area contributed by atoms with Gasteiger partial charge in [-0.15, -0.1) is 0 Å². The molecule has 0 radical (unpaired) electrons. The Morgan fingerprint density at radius 1 is 0.861 bits per heavy atom. The standard InChI is InChI=1S/C27H18N4O4S/c32-25(21-8-4-5-9-23(21)31(33)34)30-27(36)28-20-14-15-24-22(16-20)29-26(35-24)19-12-10-18(11-13-19)17-6-2-1-3-7-17/h1-16H,(H2,28,30,32,36). The van der Waals surface area contributed by atoms with Crippen molar-refractivity contribution in [3.05, 3.63) is 113 Å². The SMILES string of the molecule is O=C(NC(=S)Nc1ccc2oc(-c3ccc(-c4ccccc4)cc3)nc2c1)c1ccccc1[N+](=O)[O-]. The number of benzene rings is 4. The molecule has 2 N–H and O–H groups in total. The van der Waals surface area contributed by atoms with Gasteiger partial charge in [-0.2, -0.15) is 0 Å². The molecule has 0 aliphatic rings. The first-order chi connectivity index (χ1) is 17.5. The zero-order chi connectivity index (χ0) is 25.1. The first-order valence-electron chi connectivity index (χ1n) is 10.9. The summed E-state index contributed by atoms with van der Waals surface area (Å²) in [6, 6.07) is 28.9. The highest BCUT2D eigenvalue weighted by Gasteiger charge is 2.20. The summed E-state index contributed by atoms with van der Waals surface area (Å²) in [5.74, 6) is -0.197. The topological polar surface area (TPSA) is 110 Å². The van der Waals surface area contributed by atoms with Crippen molar-refractivity contribution in [3.8, 4) is 22.6 Å². The second-order valence-corrected chi connectivity index (χ2v) is 8.24. The number of hydrogen-bond acceptors (Lipinski definition) is 6. The molecule has 1 aromatic heterocycles. The molecular weight excluding hydrogens is 476 g/mol. The number of fused-ring (bicyclic) bond motifs is 1. The molecule has 5 aromatic rings. The van der Waals surface area contributed by atoms with Crippen molar-refractivity contribution in [1.82, 2.24) is 10.3 Å². The molecule has 4 aromatic carbocycles. The molecule has 36 heavy (non-hydrogen) atoms. The summed E-state index contributed by atoms with van der Waals surface area (Å²) in [7, 11) is 0. The lowest BCUT2D eigenvalue weighted by Gasteiger charge is -2.09. The van der Waals surface area contributed by atoms with Gasteiger partial charge in [-0.05, 0) is 59.7 Å². The Bertz CT molecular complexity index is 1600. The van der Waals surface area contributed by atoms with Gasteiger partial charge in [-0.25, -0.2) is 4.98 Å². The maximum absolute atomic E-state index is 12.5. The number of aromatic nitrogens is 1. The smallest absolute Gasteiger partial charge is 0.282 e. The molecule has 0 unspecified atom stereocenters. The van der Waals surface area contributed by atoms with Crippen molar-refractivity contribution in [2.75, 3.05) is 5.32 Å². The number of nitrogens with zero attached hydrogens (tertiary/aromatic N) is 2. The molecular formula is C27H18N4O4S. The van der Waals surface area contributed by atoms with Crippen LogP contribution in [0.2, 0.25) is 0 Å². The Morgan fingerprint density at radius 3 is 2.28 bits per heavy atom. The quantitative estimate of drug-likeness (QED) is 0.170. The predicted molar refractivity (Wildman–Crippen MR) is 142 cm³/mol. The molecule has 1 amide bonds. The van der Waals surface area contributed by atoms with Crippen LogP contribution in [0.3, 0.4) is 0 Å². The average molecular weight is 495 g/mol. The summed E-state index contributed by atoms with van der Waals surface area (Å²) in [5.41, 5.74) is 4.46. The summed E-state index contributed by atoms with van der Waals surface area (Å²) >= 11 is 5.22. The van der Waals surface area contributed by atoms with Crippen LogP contribution in [0.5, 0.6) is 0 Å². The Kier molecular flexibility index (Phi) is 6.21. The molecule has 0 fully saturated rings. The minimum Gasteiger partial charge on any atom is -0.436 e. The Hall–Kier alpha value is -4.89. The van der Waals surface area contributed by atoms with Gasteiger partial charge in [0.15, 0.2) is 10.7 Å². The number of nitrogens with one attached hydrogen (secondary N) is 2. The van der Waals surface area contributed by atoms with Gasteiger partial charge in [0.2, 0.25) is 5.89 Å². The number of anilines is 1. The largest absolute Gasteiger partial charge is 0.436 e. The van der Waals surface area contributed by atoms with Gasteiger partial charge >= 0.3 is 0 Å². The molecule has 8 nitrogen and oxygen atoms in total. The minimum atomic E-state index is -0.677. The van der Waals surface area contributed by atoms with Crippen LogP contribution < -0.4 is 10.6 Å². The summed E-state index contributed by atoms with van der Waals surface area (Å²) in [4.78, 5) is 27.6. The molecule has 0 saturated carbocycles. The normalized spacial score (nSPS) is 10.7. The van der Waals surface area contributed by atoms with E-state index in [1.165, 1.54) is 18.2 Å². The van der Waals surface area contributed by atoms with Crippen molar-refractivity contribution in [1.29, 1.82) is 0 Å². The fourth-order valence-electron chi connectivity index (χ4n) is 3.72. The van der Waals surface area contributed by atoms with Crippen LogP contribution in [0.4, 0.5) is 11.4 Å². The van der Waals surface area contributed by atoms with E-state index in [-0.39, 0.29) is 16.4 Å². The van der Waals surface area contributed by atoms with Crippen LogP contribution in [0.25, 0.3) is 33.7 Å². The first kappa shape index (κ1) is 22.9. The summed E-state index contributed by atoms with van der Waals surface area (Å²) in [6.07, 6.45) is 0. The number of para-hydroxylation sites is 1. The van der Waals surface area contributed by atoms with E-state index in [0.717, 1.165) is 16.7 Å². The molecule has 176 valence electrons. The molecule has 0 spiro atoms. The van der Waals surface area contributed by atoms with Gasteiger partial charge in [-0.1, -0.05) is 54.6 Å². The summed E-state index contributed by atoms with van der Waals surface area (Å²) < 4.78 is 5.91. The van der Waals surface area contributed by atoms with Crippen LogP contribution in [-0.4, -0.2) is 20.9 Å². The third kappa shape index (κ3) is 4.82. The van der Waals surface area contributed by atoms with Gasteiger partial charge in [0.1, 0.15) is 11.1 Å². The Balaban J connectivity index is 1.30. The number of oxazole rings is 1. The average Bonchev–Trinajstić information content (AvgIpc) is 3.32. The zero-order valence-corrected chi connectivity index (χ0v) is 19.5. The molecule has 0 aliphatic heterocycles. The lowest BCUT2D eigenvalue weighted by Crippen LogP contribution is -2.34. The van der Waals surface area contributed by atoms with Gasteiger partial charge in [0.05, 0.1) is 4.92 Å². The molecule has 0 bridgehead atoms. The van der Waals surface area contributed by atoms with Crippen molar-refractivity contribution >= 4 is 45.7 Å². The number of thiocarbonyl (C=S) groups is 1. The number of hydrogen-bond donors (Lipinski definition) is 2. The van der Waals surface area contributed by atoms with Crippen LogP contribution in [0, 0.1) is 10.1 Å². The molecule has 0 atom stereocenters. The van der Waals surface area contributed by atoms with E-state index in [1.54, 1.807) is 24.3 Å². The first-order valence-corrected chi connectivity index (χ1v) is 11.3. The van der Waals surface area contributed by atoms with Crippen LogP contribution in [0.15, 0.2) is 101 Å². The second-order valence-electron chi connectivity index (χ2n) is 7.83. The highest BCUT2D eigenvalue weighted by Crippen LogP contribution is 2.28. The number of nitro groups is 1. The number of carbonyl (C=O) groups is 1. The monoisotopic (exact) mass is 494 g/mol. The van der Waals surface area contributed by atoms with Crippen LogP contribution in [-0.2, 0) is 0 Å². The van der Waals surface area contributed by atoms with E-state index in [0.29, 0.717) is 22.7 Å². The number of rotatable bonds is 5. The van der Waals surface area contributed by atoms with Gasteiger partial charge in [-0.3, -0.25) is 20.2 Å². The predicted octanol–water partition coefficient (Wildman–Crippen LogP) is 6.20. The third-order valence-corrected chi connectivity index (χ3v) is 5.66. The molecule has 5 rings (SSSR count). The zero-order valence-electron chi connectivity index (χ0n) is 18.7. The van der Waals surface area contributed by atoms with E-state index < -0.39 is 10.8 Å². The molecule has 0 saturated heterocycles. The van der Waals surface area contributed by atoms with Gasteiger partial charge in [0.25, 0.3) is 11.6 Å². The maximum atomic E-state index is 12.5. The fourth-order valence-corrected chi connectivity index (χ4v) is 3.93.